The second-order valence-corrected chi connectivity index (χ2v) is 5.24. The fourth-order valence-corrected chi connectivity index (χ4v) is 2.05. The fraction of sp³-hybridized carbons (Fsp3) is 0.538. The Balaban J connectivity index is 2.60. The number of benzene rings is 1. The van der Waals surface area contributed by atoms with Crippen LogP contribution in [0.5, 0.6) is 0 Å². The van der Waals surface area contributed by atoms with Crippen molar-refractivity contribution in [1.29, 1.82) is 0 Å². The largest absolute Gasteiger partial charge is 0.395 e. The van der Waals surface area contributed by atoms with Crippen LogP contribution in [0.25, 0.3) is 0 Å². The van der Waals surface area contributed by atoms with Gasteiger partial charge in [-0.1, -0.05) is 35.3 Å². The van der Waals surface area contributed by atoms with Gasteiger partial charge in [-0.25, -0.2) is 0 Å². The van der Waals surface area contributed by atoms with Gasteiger partial charge >= 0.3 is 0 Å². The molecule has 1 aromatic rings. The van der Waals surface area contributed by atoms with Crippen LogP contribution in [-0.2, 0) is 0 Å². The topological polar surface area (TPSA) is 43.7 Å². The molecule has 0 amide bonds. The average molecular weight is 292 g/mol. The predicted octanol–water partition coefficient (Wildman–Crippen LogP) is 2.73. The van der Waals surface area contributed by atoms with Crippen LogP contribution in [0.1, 0.15) is 25.0 Å². The lowest BCUT2D eigenvalue weighted by atomic mass is 10.1. The van der Waals surface area contributed by atoms with Gasteiger partial charge in [0.25, 0.3) is 0 Å². The number of hydrogen-bond acceptors (Lipinski definition) is 3. The summed E-state index contributed by atoms with van der Waals surface area (Å²) in [6, 6.07) is 5.31. The van der Waals surface area contributed by atoms with Crippen molar-refractivity contribution in [2.24, 2.45) is 0 Å². The van der Waals surface area contributed by atoms with E-state index in [2.05, 4.69) is 0 Å². The molecule has 0 fully saturated rings. The van der Waals surface area contributed by atoms with Crippen LogP contribution in [0.2, 0.25) is 10.0 Å². The first kappa shape index (κ1) is 15.7. The summed E-state index contributed by atoms with van der Waals surface area (Å²) < 4.78 is 0. The molecule has 0 radical (unpaired) electrons. The number of aliphatic hydroxyl groups is 2. The lowest BCUT2D eigenvalue weighted by Gasteiger charge is -2.24. The van der Waals surface area contributed by atoms with Crippen LogP contribution in [0, 0.1) is 0 Å². The Morgan fingerprint density at radius 2 is 2.00 bits per heavy atom. The summed E-state index contributed by atoms with van der Waals surface area (Å²) in [6.07, 6.45) is -0.106. The molecule has 0 saturated carbocycles. The van der Waals surface area contributed by atoms with Gasteiger partial charge in [-0.2, -0.15) is 0 Å². The van der Waals surface area contributed by atoms with E-state index in [9.17, 15) is 5.11 Å². The molecule has 3 nitrogen and oxygen atoms in total. The van der Waals surface area contributed by atoms with Gasteiger partial charge in [-0.15, -0.1) is 0 Å². The highest BCUT2D eigenvalue weighted by molar-refractivity contribution is 6.42. The third kappa shape index (κ3) is 4.11. The molecule has 102 valence electrons. The Morgan fingerprint density at radius 1 is 1.33 bits per heavy atom. The minimum Gasteiger partial charge on any atom is -0.395 e. The summed E-state index contributed by atoms with van der Waals surface area (Å²) in [5, 5.41) is 20.0. The number of nitrogens with zero attached hydrogens (tertiary/aromatic N) is 1. The summed E-state index contributed by atoms with van der Waals surface area (Å²) in [5.41, 5.74) is 0.647. The number of rotatable bonds is 6. The lowest BCUT2D eigenvalue weighted by molar-refractivity contribution is 0.117. The summed E-state index contributed by atoms with van der Waals surface area (Å²) in [6.45, 7) is 2.70. The zero-order valence-corrected chi connectivity index (χ0v) is 12.1. The first-order chi connectivity index (χ1) is 8.47. The molecule has 0 heterocycles. The smallest absolute Gasteiger partial charge is 0.0817 e. The van der Waals surface area contributed by atoms with Crippen LogP contribution in [0.3, 0.4) is 0 Å². The van der Waals surface area contributed by atoms with Gasteiger partial charge in [0, 0.05) is 18.2 Å². The van der Waals surface area contributed by atoms with E-state index in [0.29, 0.717) is 28.6 Å². The number of likely N-dealkylation sites (N-methyl/N-ethyl adjacent to an activating group) is 1. The molecule has 1 aromatic carbocycles. The standard InChI is InChI=1S/C13H19Cl2NO2/c1-9(8-17)16(2)7-6-12(18)10-4-3-5-11(14)13(10)15/h3-5,9,12,17-18H,6-8H2,1-2H3. The molecule has 2 unspecified atom stereocenters. The molecule has 0 aliphatic heterocycles. The van der Waals surface area contributed by atoms with Crippen LogP contribution in [-0.4, -0.2) is 41.4 Å². The molecular formula is C13H19Cl2NO2. The van der Waals surface area contributed by atoms with E-state index in [-0.39, 0.29) is 12.6 Å². The minimum absolute atomic E-state index is 0.0760. The van der Waals surface area contributed by atoms with E-state index < -0.39 is 6.10 Å². The Morgan fingerprint density at radius 3 is 2.61 bits per heavy atom. The van der Waals surface area contributed by atoms with Gasteiger partial charge < -0.3 is 15.1 Å². The summed E-state index contributed by atoms with van der Waals surface area (Å²) in [5.74, 6) is 0. The van der Waals surface area contributed by atoms with Crippen molar-refractivity contribution in [2.45, 2.75) is 25.5 Å². The van der Waals surface area contributed by atoms with Gasteiger partial charge in [-0.3, -0.25) is 0 Å². The minimum atomic E-state index is -0.649. The van der Waals surface area contributed by atoms with Crippen molar-refractivity contribution in [3.8, 4) is 0 Å². The van der Waals surface area contributed by atoms with E-state index in [1.54, 1.807) is 18.2 Å². The van der Waals surface area contributed by atoms with Crippen LogP contribution in [0.4, 0.5) is 0 Å². The highest BCUT2D eigenvalue weighted by Gasteiger charge is 2.15. The van der Waals surface area contributed by atoms with Gasteiger partial charge in [0.1, 0.15) is 0 Å². The fourth-order valence-electron chi connectivity index (χ4n) is 1.62. The maximum absolute atomic E-state index is 10.1. The van der Waals surface area contributed by atoms with Crippen LogP contribution < -0.4 is 0 Å². The molecule has 0 saturated heterocycles. The molecule has 0 aliphatic rings. The van der Waals surface area contributed by atoms with Crippen LogP contribution >= 0.6 is 23.2 Å². The van der Waals surface area contributed by atoms with Crippen molar-refractivity contribution < 1.29 is 10.2 Å². The van der Waals surface area contributed by atoms with Gasteiger partial charge in [-0.05, 0) is 26.5 Å². The third-order valence-electron chi connectivity index (χ3n) is 3.11. The van der Waals surface area contributed by atoms with E-state index in [0.717, 1.165) is 0 Å². The van der Waals surface area contributed by atoms with Crippen LogP contribution in [0.15, 0.2) is 18.2 Å². The molecule has 1 rings (SSSR count). The number of hydrogen-bond donors (Lipinski definition) is 2. The highest BCUT2D eigenvalue weighted by Crippen LogP contribution is 2.31. The Kier molecular flexibility index (Phi) is 6.39. The van der Waals surface area contributed by atoms with Crippen molar-refractivity contribution in [2.75, 3.05) is 20.2 Å². The summed E-state index contributed by atoms with van der Waals surface area (Å²) in [4.78, 5) is 1.99. The van der Waals surface area contributed by atoms with Gasteiger partial charge in [0.15, 0.2) is 0 Å². The molecule has 0 bridgehead atoms. The first-order valence-corrected chi connectivity index (χ1v) is 6.66. The normalized spacial score (nSPS) is 14.8. The molecule has 0 spiro atoms. The van der Waals surface area contributed by atoms with Crippen molar-refractivity contribution in [3.63, 3.8) is 0 Å². The molecule has 0 aromatic heterocycles. The molecular weight excluding hydrogens is 273 g/mol. The SMILES string of the molecule is CC(CO)N(C)CCC(O)c1cccc(Cl)c1Cl. The molecule has 2 N–H and O–H groups in total. The van der Waals surface area contributed by atoms with Crippen molar-refractivity contribution in [1.82, 2.24) is 4.90 Å². The second kappa shape index (κ2) is 7.31. The first-order valence-electron chi connectivity index (χ1n) is 5.90. The quantitative estimate of drug-likeness (QED) is 0.847. The zero-order chi connectivity index (χ0) is 13.7. The molecule has 0 aliphatic carbocycles. The Bertz CT molecular complexity index is 387. The third-order valence-corrected chi connectivity index (χ3v) is 3.95. The predicted molar refractivity (Wildman–Crippen MR) is 75.2 cm³/mol. The molecule has 18 heavy (non-hydrogen) atoms. The Labute approximate surface area is 118 Å². The monoisotopic (exact) mass is 291 g/mol. The summed E-state index contributed by atoms with van der Waals surface area (Å²) in [7, 11) is 1.91. The molecule has 5 heteroatoms. The highest BCUT2D eigenvalue weighted by atomic mass is 35.5. The van der Waals surface area contributed by atoms with Gasteiger partial charge in [0.05, 0.1) is 22.8 Å². The maximum Gasteiger partial charge on any atom is 0.0817 e. The number of aliphatic hydroxyl groups excluding tert-OH is 2. The van der Waals surface area contributed by atoms with Gasteiger partial charge in [0.2, 0.25) is 0 Å². The zero-order valence-electron chi connectivity index (χ0n) is 10.6. The maximum atomic E-state index is 10.1. The average Bonchev–Trinajstić information content (AvgIpc) is 2.37. The molecule has 2 atom stereocenters. The lowest BCUT2D eigenvalue weighted by Crippen LogP contribution is -2.33. The second-order valence-electron chi connectivity index (χ2n) is 4.46. The number of halogens is 2. The Hall–Kier alpha value is -0.320. The van der Waals surface area contributed by atoms with Crippen molar-refractivity contribution in [3.05, 3.63) is 33.8 Å². The van der Waals surface area contributed by atoms with Crippen molar-refractivity contribution >= 4 is 23.2 Å². The van der Waals surface area contributed by atoms with E-state index >= 15 is 0 Å². The van der Waals surface area contributed by atoms with E-state index in [1.807, 2.05) is 18.9 Å². The van der Waals surface area contributed by atoms with E-state index in [1.165, 1.54) is 0 Å². The summed E-state index contributed by atoms with van der Waals surface area (Å²) >= 11 is 12.0. The van der Waals surface area contributed by atoms with E-state index in [4.69, 9.17) is 28.3 Å².